The number of amidine groups is 1. The number of ether oxygens (including phenoxy) is 2. The molecule has 5 rings (SSSR count). The van der Waals surface area contributed by atoms with Gasteiger partial charge in [-0.3, -0.25) is 5.41 Å². The highest BCUT2D eigenvalue weighted by Gasteiger charge is 2.57. The molecule has 0 saturated heterocycles. The molecule has 8 heteroatoms. The molecule has 0 spiro atoms. The molecule has 1 aliphatic rings. The highest BCUT2D eigenvalue weighted by atomic mass is 16.5. The van der Waals surface area contributed by atoms with Crippen LogP contribution < -0.4 is 15.8 Å². The number of hydrogen-bond acceptors (Lipinski definition) is 6. The first-order valence-electron chi connectivity index (χ1n) is 13.4. The standard InChI is InChI=1S/C33H33N5O3/c1-3-41-31(39)33(26-12-8-5-9-13-26)29(24-14-18-27(19-15-24)36-32(34)35)38(22-23-10-6-4-7-11-23)30(37-33)25-16-20-28(40-2)21-17-25/h4-21,29H,3,22H2,1-2H3,(H4,34,35,36)/t29-,33-/m1/s1. The van der Waals surface area contributed by atoms with Gasteiger partial charge in [-0.2, -0.15) is 0 Å². The summed E-state index contributed by atoms with van der Waals surface area (Å²) in [5, 5.41) is 10.4. The number of nitrogens with two attached hydrogens (primary N) is 1. The lowest BCUT2D eigenvalue weighted by atomic mass is 9.79. The van der Waals surface area contributed by atoms with Crippen LogP contribution in [0, 0.1) is 5.41 Å². The van der Waals surface area contributed by atoms with Crippen LogP contribution in [0.1, 0.15) is 35.2 Å². The number of rotatable bonds is 9. The Kier molecular flexibility index (Phi) is 8.01. The number of carbonyl (C=O) groups excluding carboxylic acids is 1. The third-order valence-corrected chi connectivity index (χ3v) is 7.11. The fourth-order valence-corrected chi connectivity index (χ4v) is 5.31. The summed E-state index contributed by atoms with van der Waals surface area (Å²) in [5.41, 5.74) is 8.36. The highest BCUT2D eigenvalue weighted by molar-refractivity contribution is 6.04. The predicted molar refractivity (Wildman–Crippen MR) is 161 cm³/mol. The zero-order valence-corrected chi connectivity index (χ0v) is 23.1. The summed E-state index contributed by atoms with van der Waals surface area (Å²) in [4.78, 5) is 21.7. The molecule has 8 nitrogen and oxygen atoms in total. The molecule has 0 unspecified atom stereocenters. The number of hydrogen-bond donors (Lipinski definition) is 3. The lowest BCUT2D eigenvalue weighted by molar-refractivity contribution is -0.151. The van der Waals surface area contributed by atoms with Gasteiger partial charge in [-0.05, 0) is 60.0 Å². The SMILES string of the molecule is CCOC(=O)[C@]1(c2ccccc2)N=C(c2ccc(OC)cc2)N(Cc2ccccc2)[C@@H]1c1ccc(NC(=N)N)cc1. The minimum Gasteiger partial charge on any atom is -0.497 e. The molecule has 4 aromatic rings. The van der Waals surface area contributed by atoms with Crippen molar-refractivity contribution in [3.63, 3.8) is 0 Å². The quantitative estimate of drug-likeness (QED) is 0.146. The van der Waals surface area contributed by atoms with Crippen LogP contribution in [0.15, 0.2) is 114 Å². The van der Waals surface area contributed by atoms with Gasteiger partial charge >= 0.3 is 5.97 Å². The molecule has 41 heavy (non-hydrogen) atoms. The van der Waals surface area contributed by atoms with Gasteiger partial charge in [0.25, 0.3) is 0 Å². The van der Waals surface area contributed by atoms with Gasteiger partial charge in [-0.25, -0.2) is 9.79 Å². The number of aliphatic imine (C=N–C) groups is 1. The first-order chi connectivity index (χ1) is 20.0. The second-order valence-electron chi connectivity index (χ2n) is 9.69. The van der Waals surface area contributed by atoms with Crippen molar-refractivity contribution in [2.24, 2.45) is 10.7 Å². The van der Waals surface area contributed by atoms with Crippen LogP contribution in [0.4, 0.5) is 5.69 Å². The van der Waals surface area contributed by atoms with Gasteiger partial charge in [0.2, 0.25) is 5.54 Å². The summed E-state index contributed by atoms with van der Waals surface area (Å²) in [7, 11) is 1.63. The van der Waals surface area contributed by atoms with E-state index in [4.69, 9.17) is 25.6 Å². The molecule has 1 heterocycles. The second-order valence-corrected chi connectivity index (χ2v) is 9.69. The fraction of sp³-hybridized carbons (Fsp3) is 0.182. The van der Waals surface area contributed by atoms with Crippen LogP contribution in [0.25, 0.3) is 0 Å². The Hall–Kier alpha value is -5.11. The van der Waals surface area contributed by atoms with Gasteiger partial charge in [0, 0.05) is 17.8 Å². The number of anilines is 1. The van der Waals surface area contributed by atoms with Crippen molar-refractivity contribution < 1.29 is 14.3 Å². The molecule has 208 valence electrons. The van der Waals surface area contributed by atoms with Crippen molar-refractivity contribution in [2.75, 3.05) is 19.0 Å². The average Bonchev–Trinajstić information content (AvgIpc) is 3.34. The Morgan fingerprint density at radius 1 is 0.951 bits per heavy atom. The Bertz CT molecular complexity index is 1520. The largest absolute Gasteiger partial charge is 0.497 e. The maximum atomic E-state index is 14.2. The maximum absolute atomic E-state index is 14.2. The van der Waals surface area contributed by atoms with Crippen molar-refractivity contribution in [1.29, 1.82) is 5.41 Å². The van der Waals surface area contributed by atoms with Gasteiger partial charge in [0.15, 0.2) is 5.96 Å². The second kappa shape index (κ2) is 12.0. The van der Waals surface area contributed by atoms with E-state index in [0.717, 1.165) is 28.0 Å². The first kappa shape index (κ1) is 27.5. The number of methoxy groups -OCH3 is 1. The van der Waals surface area contributed by atoms with E-state index in [1.807, 2.05) is 97.1 Å². The predicted octanol–water partition coefficient (Wildman–Crippen LogP) is 5.46. The number of esters is 1. The Labute approximate surface area is 240 Å². The van der Waals surface area contributed by atoms with Crippen molar-refractivity contribution in [1.82, 2.24) is 4.90 Å². The molecule has 4 N–H and O–H groups in total. The Morgan fingerprint density at radius 3 is 2.17 bits per heavy atom. The van der Waals surface area contributed by atoms with Crippen LogP contribution >= 0.6 is 0 Å². The maximum Gasteiger partial charge on any atom is 0.341 e. The van der Waals surface area contributed by atoms with Gasteiger partial charge in [0.1, 0.15) is 11.6 Å². The molecule has 0 amide bonds. The van der Waals surface area contributed by atoms with Crippen LogP contribution in [0.5, 0.6) is 5.75 Å². The lowest BCUT2D eigenvalue weighted by Gasteiger charge is -2.37. The van der Waals surface area contributed by atoms with Gasteiger partial charge in [0.05, 0.1) is 19.8 Å². The summed E-state index contributed by atoms with van der Waals surface area (Å²) in [6.45, 7) is 2.52. The molecule has 0 radical (unpaired) electrons. The van der Waals surface area contributed by atoms with E-state index in [9.17, 15) is 4.79 Å². The van der Waals surface area contributed by atoms with Gasteiger partial charge < -0.3 is 25.4 Å². The average molecular weight is 548 g/mol. The molecule has 0 fully saturated rings. The Balaban J connectivity index is 1.76. The molecule has 0 bridgehead atoms. The first-order valence-corrected chi connectivity index (χ1v) is 13.4. The molecule has 0 aliphatic carbocycles. The van der Waals surface area contributed by atoms with E-state index in [1.54, 1.807) is 14.0 Å². The fourth-order valence-electron chi connectivity index (χ4n) is 5.31. The van der Waals surface area contributed by atoms with Gasteiger partial charge in [-0.1, -0.05) is 72.8 Å². The summed E-state index contributed by atoms with van der Waals surface area (Å²) in [6, 6.07) is 34.5. The third kappa shape index (κ3) is 5.49. The summed E-state index contributed by atoms with van der Waals surface area (Å²) in [5.74, 6) is 0.819. The van der Waals surface area contributed by atoms with Crippen LogP contribution in [0.3, 0.4) is 0 Å². The minimum atomic E-state index is -1.39. The third-order valence-electron chi connectivity index (χ3n) is 7.11. The molecule has 0 saturated carbocycles. The molecule has 1 aliphatic heterocycles. The number of guanidine groups is 1. The highest BCUT2D eigenvalue weighted by Crippen LogP contribution is 2.50. The van der Waals surface area contributed by atoms with Crippen LogP contribution in [-0.2, 0) is 21.6 Å². The number of benzene rings is 4. The molecular weight excluding hydrogens is 514 g/mol. The van der Waals surface area contributed by atoms with E-state index in [1.165, 1.54) is 0 Å². The van der Waals surface area contributed by atoms with Gasteiger partial charge in [-0.15, -0.1) is 0 Å². The summed E-state index contributed by atoms with van der Waals surface area (Å²) in [6.07, 6.45) is 0. The zero-order chi connectivity index (χ0) is 28.8. The number of carbonyl (C=O) groups is 1. The number of nitrogens with zero attached hydrogens (tertiary/aromatic N) is 2. The van der Waals surface area contributed by atoms with Crippen molar-refractivity contribution in [2.45, 2.75) is 25.0 Å². The zero-order valence-electron chi connectivity index (χ0n) is 23.1. The molecule has 4 aromatic carbocycles. The van der Waals surface area contributed by atoms with E-state index >= 15 is 0 Å². The van der Waals surface area contributed by atoms with E-state index in [0.29, 0.717) is 18.1 Å². The van der Waals surface area contributed by atoms with Crippen molar-refractivity contribution in [3.05, 3.63) is 131 Å². The van der Waals surface area contributed by atoms with Crippen LogP contribution in [-0.4, -0.2) is 36.4 Å². The monoisotopic (exact) mass is 547 g/mol. The van der Waals surface area contributed by atoms with E-state index < -0.39 is 17.6 Å². The van der Waals surface area contributed by atoms with Crippen LogP contribution in [0.2, 0.25) is 0 Å². The van der Waals surface area contributed by atoms with E-state index in [-0.39, 0.29) is 12.6 Å². The summed E-state index contributed by atoms with van der Waals surface area (Å²) >= 11 is 0. The lowest BCUT2D eigenvalue weighted by Crippen LogP contribution is -2.44. The Morgan fingerprint density at radius 2 is 1.59 bits per heavy atom. The molecule has 2 atom stereocenters. The molecule has 0 aromatic heterocycles. The normalized spacial score (nSPS) is 18.0. The smallest absolute Gasteiger partial charge is 0.341 e. The minimum absolute atomic E-state index is 0.153. The van der Waals surface area contributed by atoms with Crippen molar-refractivity contribution in [3.8, 4) is 5.75 Å². The van der Waals surface area contributed by atoms with E-state index in [2.05, 4.69) is 22.3 Å². The molecular formula is C33H33N5O3. The topological polar surface area (TPSA) is 113 Å². The summed E-state index contributed by atoms with van der Waals surface area (Å²) < 4.78 is 11.2. The van der Waals surface area contributed by atoms with Crippen molar-refractivity contribution >= 4 is 23.5 Å². The number of nitrogens with one attached hydrogen (secondary N) is 2.